The predicted molar refractivity (Wildman–Crippen MR) is 89.2 cm³/mol. The van der Waals surface area contributed by atoms with E-state index in [0.29, 0.717) is 0 Å². The molecule has 26 heavy (non-hydrogen) atoms. The van der Waals surface area contributed by atoms with Crippen molar-refractivity contribution >= 4 is 11.9 Å². The van der Waals surface area contributed by atoms with Crippen LogP contribution in [0.3, 0.4) is 0 Å². The van der Waals surface area contributed by atoms with Gasteiger partial charge in [0.05, 0.1) is 11.1 Å². The van der Waals surface area contributed by atoms with Gasteiger partial charge >= 0.3 is 11.9 Å². The van der Waals surface area contributed by atoms with E-state index in [0.717, 1.165) is 0 Å². The van der Waals surface area contributed by atoms with Gasteiger partial charge in [-0.2, -0.15) is 0 Å². The number of ether oxygens (including phenoxy) is 2. The third-order valence-corrected chi connectivity index (χ3v) is 3.38. The van der Waals surface area contributed by atoms with Crippen molar-refractivity contribution in [1.82, 2.24) is 0 Å². The average molecular weight is 354 g/mol. The lowest BCUT2D eigenvalue weighted by Crippen LogP contribution is -2.12. The van der Waals surface area contributed by atoms with Crippen LogP contribution in [-0.4, -0.2) is 11.9 Å². The van der Waals surface area contributed by atoms with Crippen LogP contribution in [0, 0.1) is 11.6 Å². The number of hydrogen-bond donors (Lipinski definition) is 0. The van der Waals surface area contributed by atoms with Crippen LogP contribution in [-0.2, 0) is 0 Å². The van der Waals surface area contributed by atoms with Crippen molar-refractivity contribution < 1.29 is 27.8 Å². The standard InChI is InChI=1S/C20H12F2O4/c21-15-4-8-17(9-5-15)25-19(23)13-2-1-3-14(12-13)20(24)26-18-10-6-16(22)7-11-18/h1-12H. The lowest BCUT2D eigenvalue weighted by Gasteiger charge is -2.07. The summed E-state index contributed by atoms with van der Waals surface area (Å²) in [5, 5.41) is 0. The van der Waals surface area contributed by atoms with Crippen molar-refractivity contribution in [2.75, 3.05) is 0 Å². The van der Waals surface area contributed by atoms with Crippen LogP contribution in [0.5, 0.6) is 11.5 Å². The first-order valence-corrected chi connectivity index (χ1v) is 7.57. The fourth-order valence-corrected chi connectivity index (χ4v) is 2.11. The zero-order chi connectivity index (χ0) is 18.5. The van der Waals surface area contributed by atoms with Gasteiger partial charge < -0.3 is 9.47 Å². The first kappa shape index (κ1) is 17.3. The van der Waals surface area contributed by atoms with Crippen LogP contribution in [0.4, 0.5) is 8.78 Å². The van der Waals surface area contributed by atoms with E-state index in [1.807, 2.05) is 0 Å². The topological polar surface area (TPSA) is 52.6 Å². The van der Waals surface area contributed by atoms with Crippen molar-refractivity contribution in [1.29, 1.82) is 0 Å². The maximum Gasteiger partial charge on any atom is 0.343 e. The van der Waals surface area contributed by atoms with Gasteiger partial charge in [-0.1, -0.05) is 6.07 Å². The van der Waals surface area contributed by atoms with E-state index in [1.54, 1.807) is 0 Å². The van der Waals surface area contributed by atoms with E-state index < -0.39 is 23.6 Å². The number of carbonyl (C=O) groups is 2. The van der Waals surface area contributed by atoms with Gasteiger partial charge in [0.1, 0.15) is 23.1 Å². The van der Waals surface area contributed by atoms with E-state index in [4.69, 9.17) is 9.47 Å². The normalized spacial score (nSPS) is 10.2. The highest BCUT2D eigenvalue weighted by Gasteiger charge is 2.14. The van der Waals surface area contributed by atoms with Gasteiger partial charge in [-0.25, -0.2) is 18.4 Å². The summed E-state index contributed by atoms with van der Waals surface area (Å²) in [4.78, 5) is 24.3. The lowest BCUT2D eigenvalue weighted by molar-refractivity contribution is 0.0734. The number of rotatable bonds is 4. The second-order valence-electron chi connectivity index (χ2n) is 5.27. The summed E-state index contributed by atoms with van der Waals surface area (Å²) in [6.45, 7) is 0. The molecule has 0 atom stereocenters. The Balaban J connectivity index is 1.72. The quantitative estimate of drug-likeness (QED) is 0.515. The summed E-state index contributed by atoms with van der Waals surface area (Å²) >= 11 is 0. The molecule has 0 aliphatic carbocycles. The Morgan fingerprint density at radius 2 is 1.00 bits per heavy atom. The van der Waals surface area contributed by atoms with Crippen LogP contribution in [0.2, 0.25) is 0 Å². The molecule has 6 heteroatoms. The minimum atomic E-state index is -0.701. The highest BCUT2D eigenvalue weighted by molar-refractivity contribution is 5.96. The second kappa shape index (κ2) is 7.57. The number of esters is 2. The lowest BCUT2D eigenvalue weighted by atomic mass is 10.1. The highest BCUT2D eigenvalue weighted by atomic mass is 19.1. The zero-order valence-electron chi connectivity index (χ0n) is 13.3. The number of benzene rings is 3. The highest BCUT2D eigenvalue weighted by Crippen LogP contribution is 2.16. The van der Waals surface area contributed by atoms with Gasteiger partial charge in [0, 0.05) is 0 Å². The van der Waals surface area contributed by atoms with E-state index in [1.165, 1.54) is 72.8 Å². The SMILES string of the molecule is O=C(Oc1ccc(F)cc1)c1cccc(C(=O)Oc2ccc(F)cc2)c1. The van der Waals surface area contributed by atoms with E-state index in [-0.39, 0.29) is 22.6 Å². The molecule has 130 valence electrons. The van der Waals surface area contributed by atoms with Gasteiger partial charge in [-0.3, -0.25) is 0 Å². The second-order valence-corrected chi connectivity index (χ2v) is 5.27. The molecule has 3 aromatic rings. The van der Waals surface area contributed by atoms with Crippen molar-refractivity contribution in [2.24, 2.45) is 0 Å². The molecule has 3 rings (SSSR count). The molecule has 0 fully saturated rings. The molecule has 0 saturated heterocycles. The minimum Gasteiger partial charge on any atom is -0.423 e. The summed E-state index contributed by atoms with van der Waals surface area (Å²) in [6.07, 6.45) is 0. The monoisotopic (exact) mass is 354 g/mol. The number of halogens is 2. The summed E-state index contributed by atoms with van der Waals surface area (Å²) < 4.78 is 36.0. The van der Waals surface area contributed by atoms with Gasteiger partial charge in [0.2, 0.25) is 0 Å². The first-order valence-electron chi connectivity index (χ1n) is 7.57. The zero-order valence-corrected chi connectivity index (χ0v) is 13.3. The Kier molecular flexibility index (Phi) is 5.03. The molecule has 0 N–H and O–H groups in total. The Morgan fingerprint density at radius 1 is 0.615 bits per heavy atom. The summed E-state index contributed by atoms with van der Waals surface area (Å²) in [6, 6.07) is 15.7. The summed E-state index contributed by atoms with van der Waals surface area (Å²) in [5.41, 5.74) is 0.255. The maximum atomic E-state index is 12.9. The largest absolute Gasteiger partial charge is 0.423 e. The van der Waals surface area contributed by atoms with Crippen LogP contribution in [0.1, 0.15) is 20.7 Å². The Bertz CT molecular complexity index is 860. The van der Waals surface area contributed by atoms with Gasteiger partial charge in [0.25, 0.3) is 0 Å². The smallest absolute Gasteiger partial charge is 0.343 e. The molecule has 0 unspecified atom stereocenters. The Labute approximate surface area is 147 Å². The van der Waals surface area contributed by atoms with Crippen LogP contribution in [0.25, 0.3) is 0 Å². The van der Waals surface area contributed by atoms with Gasteiger partial charge in [-0.05, 0) is 66.7 Å². The third-order valence-electron chi connectivity index (χ3n) is 3.38. The summed E-state index contributed by atoms with van der Waals surface area (Å²) in [5.74, 6) is -1.95. The van der Waals surface area contributed by atoms with Crippen molar-refractivity contribution in [3.05, 3.63) is 95.6 Å². The van der Waals surface area contributed by atoms with Crippen LogP contribution < -0.4 is 9.47 Å². The molecule has 0 heterocycles. The van der Waals surface area contributed by atoms with E-state index in [2.05, 4.69) is 0 Å². The number of hydrogen-bond acceptors (Lipinski definition) is 4. The van der Waals surface area contributed by atoms with Crippen molar-refractivity contribution in [3.8, 4) is 11.5 Å². The van der Waals surface area contributed by atoms with Crippen molar-refractivity contribution in [2.45, 2.75) is 0 Å². The Morgan fingerprint density at radius 3 is 1.38 bits per heavy atom. The van der Waals surface area contributed by atoms with Crippen molar-refractivity contribution in [3.63, 3.8) is 0 Å². The minimum absolute atomic E-state index is 0.128. The molecule has 0 radical (unpaired) electrons. The van der Waals surface area contributed by atoms with Gasteiger partial charge in [0.15, 0.2) is 0 Å². The molecule has 0 spiro atoms. The molecule has 4 nitrogen and oxygen atoms in total. The fourth-order valence-electron chi connectivity index (χ4n) is 2.11. The van der Waals surface area contributed by atoms with Crippen LogP contribution in [0.15, 0.2) is 72.8 Å². The molecular weight excluding hydrogens is 342 g/mol. The van der Waals surface area contributed by atoms with E-state index >= 15 is 0 Å². The van der Waals surface area contributed by atoms with Crippen LogP contribution >= 0.6 is 0 Å². The molecule has 0 bridgehead atoms. The third kappa shape index (κ3) is 4.30. The summed E-state index contributed by atoms with van der Waals surface area (Å²) in [7, 11) is 0. The molecule has 0 aliphatic rings. The predicted octanol–water partition coefficient (Wildman–Crippen LogP) is 4.40. The molecule has 0 aromatic heterocycles. The van der Waals surface area contributed by atoms with Gasteiger partial charge in [-0.15, -0.1) is 0 Å². The fraction of sp³-hybridized carbons (Fsp3) is 0. The molecule has 0 amide bonds. The molecular formula is C20H12F2O4. The average Bonchev–Trinajstić information content (AvgIpc) is 2.65. The molecule has 3 aromatic carbocycles. The molecule has 0 saturated carbocycles. The van der Waals surface area contributed by atoms with E-state index in [9.17, 15) is 18.4 Å². The molecule has 0 aliphatic heterocycles. The number of carbonyl (C=O) groups excluding carboxylic acids is 2. The Hall–Kier alpha value is -3.54. The first-order chi connectivity index (χ1) is 12.5. The maximum absolute atomic E-state index is 12.9.